The smallest absolute Gasteiger partial charge is 0.336 e. The van der Waals surface area contributed by atoms with Gasteiger partial charge in [-0.2, -0.15) is 0 Å². The second kappa shape index (κ2) is 5.06. The first-order valence-corrected chi connectivity index (χ1v) is 6.65. The van der Waals surface area contributed by atoms with Crippen LogP contribution in [-0.4, -0.2) is 16.1 Å². The number of carboxylic acids is 1. The zero-order valence-corrected chi connectivity index (χ0v) is 11.9. The molecule has 0 aliphatic heterocycles. The SMILES string of the molecule is CCC(C)c1cnc2ccc(Br)cc2c1C(=O)O. The standard InChI is InChI=1S/C14H14BrNO2/c1-3-8(2)11-7-16-12-5-4-9(15)6-10(12)13(11)14(17)18/h4-8H,3H2,1-2H3,(H,17,18). The molecular weight excluding hydrogens is 294 g/mol. The Bertz CT molecular complexity index is 610. The molecule has 0 aliphatic carbocycles. The number of hydrogen-bond donors (Lipinski definition) is 1. The van der Waals surface area contributed by atoms with Crippen LogP contribution >= 0.6 is 15.9 Å². The van der Waals surface area contributed by atoms with Gasteiger partial charge in [-0.05, 0) is 36.1 Å². The van der Waals surface area contributed by atoms with Crippen LogP contribution in [0.3, 0.4) is 0 Å². The maximum absolute atomic E-state index is 11.5. The molecule has 0 saturated carbocycles. The Labute approximate surface area is 114 Å². The first-order valence-electron chi connectivity index (χ1n) is 5.86. The summed E-state index contributed by atoms with van der Waals surface area (Å²) in [5.41, 5.74) is 1.88. The predicted octanol–water partition coefficient (Wildman–Crippen LogP) is 4.21. The average molecular weight is 308 g/mol. The summed E-state index contributed by atoms with van der Waals surface area (Å²) in [6.07, 6.45) is 2.58. The van der Waals surface area contributed by atoms with Crippen molar-refractivity contribution in [2.45, 2.75) is 26.2 Å². The van der Waals surface area contributed by atoms with E-state index in [4.69, 9.17) is 0 Å². The molecule has 0 saturated heterocycles. The molecule has 1 N–H and O–H groups in total. The van der Waals surface area contributed by atoms with Gasteiger partial charge in [0.05, 0.1) is 11.1 Å². The van der Waals surface area contributed by atoms with Crippen molar-refractivity contribution in [3.05, 3.63) is 40.0 Å². The molecule has 1 heterocycles. The molecule has 4 heteroatoms. The van der Waals surface area contributed by atoms with Crippen molar-refractivity contribution in [1.29, 1.82) is 0 Å². The summed E-state index contributed by atoms with van der Waals surface area (Å²) in [6.45, 7) is 4.06. The topological polar surface area (TPSA) is 50.2 Å². The van der Waals surface area contributed by atoms with Crippen LogP contribution < -0.4 is 0 Å². The summed E-state index contributed by atoms with van der Waals surface area (Å²) in [5, 5.41) is 10.1. The van der Waals surface area contributed by atoms with E-state index in [1.165, 1.54) is 0 Å². The van der Waals surface area contributed by atoms with Gasteiger partial charge in [-0.3, -0.25) is 4.98 Å². The number of aromatic nitrogens is 1. The minimum absolute atomic E-state index is 0.187. The van der Waals surface area contributed by atoms with Crippen molar-refractivity contribution in [3.63, 3.8) is 0 Å². The third kappa shape index (κ3) is 2.25. The van der Waals surface area contributed by atoms with Crippen LogP contribution in [0.4, 0.5) is 0 Å². The Balaban J connectivity index is 2.81. The summed E-state index contributed by atoms with van der Waals surface area (Å²) in [6, 6.07) is 5.51. The van der Waals surface area contributed by atoms with E-state index in [0.717, 1.165) is 16.5 Å². The van der Waals surface area contributed by atoms with Crippen LogP contribution in [0.1, 0.15) is 42.1 Å². The number of carboxylic acid groups (broad SMARTS) is 1. The van der Waals surface area contributed by atoms with Crippen molar-refractivity contribution in [3.8, 4) is 0 Å². The summed E-state index contributed by atoms with van der Waals surface area (Å²) >= 11 is 3.37. The highest BCUT2D eigenvalue weighted by Crippen LogP contribution is 2.29. The fourth-order valence-electron chi connectivity index (χ4n) is 2.01. The molecule has 0 amide bonds. The minimum Gasteiger partial charge on any atom is -0.478 e. The largest absolute Gasteiger partial charge is 0.478 e. The van der Waals surface area contributed by atoms with Crippen molar-refractivity contribution in [1.82, 2.24) is 4.98 Å². The summed E-state index contributed by atoms with van der Waals surface area (Å²) in [4.78, 5) is 15.9. The number of rotatable bonds is 3. The lowest BCUT2D eigenvalue weighted by molar-refractivity contribution is 0.0697. The van der Waals surface area contributed by atoms with Gasteiger partial charge in [-0.25, -0.2) is 4.79 Å². The number of nitrogens with zero attached hydrogens (tertiary/aromatic N) is 1. The third-order valence-electron chi connectivity index (χ3n) is 3.22. The van der Waals surface area contributed by atoms with E-state index in [2.05, 4.69) is 20.9 Å². The molecule has 0 bridgehead atoms. The van der Waals surface area contributed by atoms with Gasteiger partial charge in [0.25, 0.3) is 0 Å². The molecule has 0 radical (unpaired) electrons. The zero-order valence-electron chi connectivity index (χ0n) is 10.3. The van der Waals surface area contributed by atoms with E-state index in [-0.39, 0.29) is 5.92 Å². The van der Waals surface area contributed by atoms with Gasteiger partial charge in [-0.1, -0.05) is 29.8 Å². The number of pyridine rings is 1. The Kier molecular flexibility index (Phi) is 3.66. The van der Waals surface area contributed by atoms with Crippen LogP contribution in [0.5, 0.6) is 0 Å². The van der Waals surface area contributed by atoms with Gasteiger partial charge >= 0.3 is 5.97 Å². The second-order valence-corrected chi connectivity index (χ2v) is 5.28. The van der Waals surface area contributed by atoms with Crippen LogP contribution in [0.2, 0.25) is 0 Å². The Morgan fingerprint density at radius 2 is 2.22 bits per heavy atom. The van der Waals surface area contributed by atoms with Crippen molar-refractivity contribution < 1.29 is 9.90 Å². The molecule has 3 nitrogen and oxygen atoms in total. The second-order valence-electron chi connectivity index (χ2n) is 4.36. The van der Waals surface area contributed by atoms with Crippen LogP contribution in [0.15, 0.2) is 28.9 Å². The summed E-state index contributed by atoms with van der Waals surface area (Å²) < 4.78 is 0.862. The molecule has 94 valence electrons. The maximum Gasteiger partial charge on any atom is 0.336 e. The number of fused-ring (bicyclic) bond motifs is 1. The number of carbonyl (C=O) groups is 1. The molecule has 1 aromatic heterocycles. The monoisotopic (exact) mass is 307 g/mol. The quantitative estimate of drug-likeness (QED) is 0.924. The predicted molar refractivity (Wildman–Crippen MR) is 75.1 cm³/mol. The zero-order chi connectivity index (χ0) is 13.3. The maximum atomic E-state index is 11.5. The first-order chi connectivity index (χ1) is 8.54. The molecule has 1 aromatic carbocycles. The lowest BCUT2D eigenvalue weighted by Gasteiger charge is -2.14. The van der Waals surface area contributed by atoms with Gasteiger partial charge in [-0.15, -0.1) is 0 Å². The highest BCUT2D eigenvalue weighted by Gasteiger charge is 2.18. The highest BCUT2D eigenvalue weighted by molar-refractivity contribution is 9.10. The van der Waals surface area contributed by atoms with E-state index in [1.54, 1.807) is 6.20 Å². The fraction of sp³-hybridized carbons (Fsp3) is 0.286. The lowest BCUT2D eigenvalue weighted by atomic mass is 9.93. The molecule has 2 rings (SSSR count). The minimum atomic E-state index is -0.893. The summed E-state index contributed by atoms with van der Waals surface area (Å²) in [7, 11) is 0. The molecule has 18 heavy (non-hydrogen) atoms. The molecule has 1 unspecified atom stereocenters. The molecule has 2 aromatic rings. The number of aromatic carboxylic acids is 1. The first kappa shape index (κ1) is 13.0. The lowest BCUT2D eigenvalue weighted by Crippen LogP contribution is -2.07. The molecule has 0 fully saturated rings. The summed E-state index contributed by atoms with van der Waals surface area (Å²) in [5.74, 6) is -0.706. The number of halogens is 1. The van der Waals surface area contributed by atoms with Crippen LogP contribution in [0.25, 0.3) is 10.9 Å². The van der Waals surface area contributed by atoms with Gasteiger partial charge < -0.3 is 5.11 Å². The van der Waals surface area contributed by atoms with E-state index >= 15 is 0 Å². The fourth-order valence-corrected chi connectivity index (χ4v) is 2.37. The van der Waals surface area contributed by atoms with E-state index < -0.39 is 5.97 Å². The van der Waals surface area contributed by atoms with Crippen molar-refractivity contribution in [2.75, 3.05) is 0 Å². The number of benzene rings is 1. The number of hydrogen-bond acceptors (Lipinski definition) is 2. The van der Waals surface area contributed by atoms with Gasteiger partial charge in [0, 0.05) is 16.1 Å². The van der Waals surface area contributed by atoms with Crippen molar-refractivity contribution in [2.24, 2.45) is 0 Å². The third-order valence-corrected chi connectivity index (χ3v) is 3.71. The normalized spacial score (nSPS) is 12.6. The Morgan fingerprint density at radius 3 is 2.83 bits per heavy atom. The van der Waals surface area contributed by atoms with Crippen molar-refractivity contribution >= 4 is 32.8 Å². The highest BCUT2D eigenvalue weighted by atomic mass is 79.9. The molecule has 0 aliphatic rings. The van der Waals surface area contributed by atoms with E-state index in [0.29, 0.717) is 16.5 Å². The van der Waals surface area contributed by atoms with E-state index in [1.807, 2.05) is 32.0 Å². The Morgan fingerprint density at radius 1 is 1.50 bits per heavy atom. The van der Waals surface area contributed by atoms with E-state index in [9.17, 15) is 9.90 Å². The van der Waals surface area contributed by atoms with Gasteiger partial charge in [0.15, 0.2) is 0 Å². The molecular formula is C14H14BrNO2. The van der Waals surface area contributed by atoms with Crippen LogP contribution in [0, 0.1) is 0 Å². The Hall–Kier alpha value is -1.42. The molecule has 0 spiro atoms. The average Bonchev–Trinajstić information content (AvgIpc) is 2.35. The molecule has 1 atom stereocenters. The van der Waals surface area contributed by atoms with Gasteiger partial charge in [0.1, 0.15) is 0 Å². The van der Waals surface area contributed by atoms with Crippen LogP contribution in [-0.2, 0) is 0 Å². The van der Waals surface area contributed by atoms with Gasteiger partial charge in [0.2, 0.25) is 0 Å².